The van der Waals surface area contributed by atoms with Gasteiger partial charge in [0.15, 0.2) is 5.78 Å². The summed E-state index contributed by atoms with van der Waals surface area (Å²) in [5.74, 6) is -0.192. The summed E-state index contributed by atoms with van der Waals surface area (Å²) >= 11 is 0. The number of benzene rings is 1. The first-order valence-corrected chi connectivity index (χ1v) is 6.81. The van der Waals surface area contributed by atoms with Gasteiger partial charge in [0.05, 0.1) is 6.20 Å². The van der Waals surface area contributed by atoms with E-state index in [9.17, 15) is 13.6 Å². The topological polar surface area (TPSA) is 44.1 Å². The molecule has 0 spiro atoms. The Morgan fingerprint density at radius 1 is 1.36 bits per heavy atom. The van der Waals surface area contributed by atoms with Crippen molar-refractivity contribution < 1.29 is 18.3 Å². The molecule has 0 amide bonds. The molecule has 1 aromatic carbocycles. The lowest BCUT2D eigenvalue weighted by Gasteiger charge is -2.04. The molecule has 4 nitrogen and oxygen atoms in total. The van der Waals surface area contributed by atoms with Crippen LogP contribution in [0.2, 0.25) is 0 Å². The maximum Gasteiger partial charge on any atom is 0.387 e. The molecule has 0 radical (unpaired) electrons. The minimum absolute atomic E-state index is 0.0237. The zero-order valence-corrected chi connectivity index (χ0v) is 12.3. The lowest BCUT2D eigenvalue weighted by atomic mass is 10.1. The molecule has 0 aliphatic heterocycles. The number of carbonyl (C=O) groups excluding carboxylic acids is 1. The summed E-state index contributed by atoms with van der Waals surface area (Å²) in [7, 11) is 0. The zero-order chi connectivity index (χ0) is 16.1. The Bertz CT molecular complexity index is 676. The fourth-order valence-electron chi connectivity index (χ4n) is 2.01. The predicted octanol–water partition coefficient (Wildman–Crippen LogP) is 3.71. The standard InChI is InChI=1S/C16H16F2N2O2/c1-3-20-11(2)13(10-19-20)6-9-15(21)12-4-7-14(8-5-12)22-16(17)18/h4-10,16H,3H2,1-2H3/b9-6+. The molecule has 1 heterocycles. The zero-order valence-electron chi connectivity index (χ0n) is 12.3. The molecule has 2 aromatic rings. The fraction of sp³-hybridized carbons (Fsp3) is 0.250. The molecule has 0 atom stereocenters. The third kappa shape index (κ3) is 3.78. The molecule has 0 aliphatic rings. The number of hydrogen-bond acceptors (Lipinski definition) is 3. The van der Waals surface area contributed by atoms with Gasteiger partial charge >= 0.3 is 6.61 Å². The normalized spacial score (nSPS) is 11.3. The summed E-state index contributed by atoms with van der Waals surface area (Å²) in [6.45, 7) is 1.80. The molecule has 116 valence electrons. The summed E-state index contributed by atoms with van der Waals surface area (Å²) in [6, 6.07) is 5.58. The monoisotopic (exact) mass is 306 g/mol. The maximum atomic E-state index is 12.0. The number of aryl methyl sites for hydroxylation is 1. The lowest BCUT2D eigenvalue weighted by molar-refractivity contribution is -0.0498. The van der Waals surface area contributed by atoms with E-state index in [2.05, 4.69) is 9.84 Å². The first kappa shape index (κ1) is 15.9. The number of carbonyl (C=O) groups is 1. The van der Waals surface area contributed by atoms with Gasteiger partial charge in [-0.3, -0.25) is 9.48 Å². The number of halogens is 2. The van der Waals surface area contributed by atoms with E-state index < -0.39 is 6.61 Å². The van der Waals surface area contributed by atoms with E-state index >= 15 is 0 Å². The van der Waals surface area contributed by atoms with Crippen LogP contribution in [0.3, 0.4) is 0 Å². The summed E-state index contributed by atoms with van der Waals surface area (Å²) in [6.07, 6.45) is 4.83. The van der Waals surface area contributed by atoms with Gasteiger partial charge in [0.2, 0.25) is 0 Å². The van der Waals surface area contributed by atoms with Crippen LogP contribution >= 0.6 is 0 Å². The van der Waals surface area contributed by atoms with Gasteiger partial charge in [0.25, 0.3) is 0 Å². The lowest BCUT2D eigenvalue weighted by Crippen LogP contribution is -2.02. The first-order valence-electron chi connectivity index (χ1n) is 6.81. The number of alkyl halides is 2. The summed E-state index contributed by atoms with van der Waals surface area (Å²) < 4.78 is 30.2. The van der Waals surface area contributed by atoms with E-state index in [1.165, 1.54) is 30.3 Å². The van der Waals surface area contributed by atoms with Crippen molar-refractivity contribution in [3.8, 4) is 5.75 Å². The molecule has 0 bridgehead atoms. The number of allylic oxidation sites excluding steroid dienone is 1. The second-order valence-corrected chi connectivity index (χ2v) is 4.60. The van der Waals surface area contributed by atoms with Crippen LogP contribution < -0.4 is 4.74 Å². The molecule has 0 aliphatic carbocycles. The molecular weight excluding hydrogens is 290 g/mol. The van der Waals surface area contributed by atoms with Gasteiger partial charge in [-0.05, 0) is 50.3 Å². The van der Waals surface area contributed by atoms with Crippen LogP contribution in [-0.2, 0) is 6.54 Å². The van der Waals surface area contributed by atoms with Crippen LogP contribution in [0.25, 0.3) is 6.08 Å². The second-order valence-electron chi connectivity index (χ2n) is 4.60. The van der Waals surface area contributed by atoms with Gasteiger partial charge in [0.1, 0.15) is 5.75 Å². The van der Waals surface area contributed by atoms with E-state index in [4.69, 9.17) is 0 Å². The average molecular weight is 306 g/mol. The SMILES string of the molecule is CCn1ncc(/C=C/C(=O)c2ccc(OC(F)F)cc2)c1C. The van der Waals surface area contributed by atoms with E-state index in [1.807, 2.05) is 18.5 Å². The van der Waals surface area contributed by atoms with Gasteiger partial charge in [-0.25, -0.2) is 0 Å². The molecule has 0 saturated heterocycles. The van der Waals surface area contributed by atoms with Crippen molar-refractivity contribution in [2.75, 3.05) is 0 Å². The van der Waals surface area contributed by atoms with Crippen LogP contribution in [0, 0.1) is 6.92 Å². The predicted molar refractivity (Wildman–Crippen MR) is 79.1 cm³/mol. The molecule has 0 unspecified atom stereocenters. The first-order chi connectivity index (χ1) is 10.5. The summed E-state index contributed by atoms with van der Waals surface area (Å²) in [4.78, 5) is 12.0. The quantitative estimate of drug-likeness (QED) is 0.603. The summed E-state index contributed by atoms with van der Waals surface area (Å²) in [5.41, 5.74) is 2.25. The number of aromatic nitrogens is 2. The van der Waals surface area contributed by atoms with Gasteiger partial charge in [-0.15, -0.1) is 0 Å². The van der Waals surface area contributed by atoms with E-state index in [0.29, 0.717) is 5.56 Å². The van der Waals surface area contributed by atoms with Crippen LogP contribution in [0.1, 0.15) is 28.5 Å². The second kappa shape index (κ2) is 6.98. The van der Waals surface area contributed by atoms with Crippen LogP contribution in [0.15, 0.2) is 36.5 Å². The fourth-order valence-corrected chi connectivity index (χ4v) is 2.01. The molecule has 0 saturated carbocycles. The van der Waals surface area contributed by atoms with E-state index in [-0.39, 0.29) is 11.5 Å². The van der Waals surface area contributed by atoms with Crippen molar-refractivity contribution in [3.05, 3.63) is 53.4 Å². The molecule has 22 heavy (non-hydrogen) atoms. The van der Waals surface area contributed by atoms with Gasteiger partial charge in [0, 0.05) is 23.4 Å². The minimum atomic E-state index is -2.88. The Hall–Kier alpha value is -2.50. The van der Waals surface area contributed by atoms with Crippen molar-refractivity contribution in [2.45, 2.75) is 27.0 Å². The minimum Gasteiger partial charge on any atom is -0.435 e. The third-order valence-corrected chi connectivity index (χ3v) is 3.22. The average Bonchev–Trinajstić information content (AvgIpc) is 2.85. The number of nitrogens with zero attached hydrogens (tertiary/aromatic N) is 2. The van der Waals surface area contributed by atoms with E-state index in [1.54, 1.807) is 12.3 Å². The smallest absolute Gasteiger partial charge is 0.387 e. The van der Waals surface area contributed by atoms with Gasteiger partial charge in [-0.1, -0.05) is 0 Å². The Morgan fingerprint density at radius 2 is 2.05 bits per heavy atom. The Balaban J connectivity index is 2.08. The molecular formula is C16H16F2N2O2. The van der Waals surface area contributed by atoms with Gasteiger partial charge in [-0.2, -0.15) is 13.9 Å². The molecule has 1 aromatic heterocycles. The summed E-state index contributed by atoms with van der Waals surface area (Å²) in [5, 5.41) is 4.19. The largest absolute Gasteiger partial charge is 0.435 e. The highest BCUT2D eigenvalue weighted by Gasteiger charge is 2.07. The van der Waals surface area contributed by atoms with Crippen LogP contribution in [0.5, 0.6) is 5.75 Å². The Morgan fingerprint density at radius 3 is 2.59 bits per heavy atom. The highest BCUT2D eigenvalue weighted by Crippen LogP contribution is 2.16. The van der Waals surface area contributed by atoms with Crippen LogP contribution in [-0.4, -0.2) is 22.2 Å². The molecule has 2 rings (SSSR count). The number of ether oxygens (including phenoxy) is 1. The van der Waals surface area contributed by atoms with Crippen LogP contribution in [0.4, 0.5) is 8.78 Å². The highest BCUT2D eigenvalue weighted by molar-refractivity contribution is 6.06. The number of rotatable bonds is 6. The van der Waals surface area contributed by atoms with Crippen molar-refractivity contribution >= 4 is 11.9 Å². The Labute approximate surface area is 127 Å². The van der Waals surface area contributed by atoms with Crippen molar-refractivity contribution in [2.24, 2.45) is 0 Å². The maximum absolute atomic E-state index is 12.0. The molecule has 6 heteroatoms. The molecule has 0 N–H and O–H groups in total. The highest BCUT2D eigenvalue weighted by atomic mass is 19.3. The third-order valence-electron chi connectivity index (χ3n) is 3.22. The Kier molecular flexibility index (Phi) is 5.04. The molecule has 0 fully saturated rings. The van der Waals surface area contributed by atoms with Gasteiger partial charge < -0.3 is 4.74 Å². The number of hydrogen-bond donors (Lipinski definition) is 0. The van der Waals surface area contributed by atoms with Crippen molar-refractivity contribution in [1.82, 2.24) is 9.78 Å². The van der Waals surface area contributed by atoms with Crippen molar-refractivity contribution in [3.63, 3.8) is 0 Å². The number of ketones is 1. The van der Waals surface area contributed by atoms with Crippen molar-refractivity contribution in [1.29, 1.82) is 0 Å². The van der Waals surface area contributed by atoms with E-state index in [0.717, 1.165) is 17.8 Å².